The first-order chi connectivity index (χ1) is 14.3. The van der Waals surface area contributed by atoms with Gasteiger partial charge < -0.3 is 9.32 Å². The number of nitriles is 1. The minimum absolute atomic E-state index is 0.458. The normalized spacial score (nSPS) is 11.7. The second kappa shape index (κ2) is 8.57. The molecule has 0 fully saturated rings. The smallest absolute Gasteiger partial charge is 0.155 e. The second-order valence-corrected chi connectivity index (χ2v) is 6.81. The number of fused-ring (bicyclic) bond motifs is 2. The van der Waals surface area contributed by atoms with Crippen molar-refractivity contribution >= 4 is 16.8 Å². The van der Waals surface area contributed by atoms with Crippen LogP contribution in [-0.4, -0.2) is 18.1 Å². The lowest BCUT2D eigenvalue weighted by Gasteiger charge is -2.24. The number of rotatable bonds is 6. The fraction of sp³-hybridized carbons (Fsp3) is 0.208. The minimum Gasteiger partial charge on any atom is -0.453 e. The second-order valence-electron chi connectivity index (χ2n) is 6.81. The van der Waals surface area contributed by atoms with Crippen molar-refractivity contribution in [3.05, 3.63) is 77.7 Å². The quantitative estimate of drug-likeness (QED) is 0.450. The maximum Gasteiger partial charge on any atom is 0.155 e. The van der Waals surface area contributed by atoms with Crippen LogP contribution in [-0.2, 0) is 6.54 Å². The Hall–Kier alpha value is -3.65. The summed E-state index contributed by atoms with van der Waals surface area (Å²) in [5.41, 5.74) is 4.55. The van der Waals surface area contributed by atoms with Gasteiger partial charge in [-0.1, -0.05) is 30.3 Å². The fourth-order valence-corrected chi connectivity index (χ4v) is 3.37. The predicted molar refractivity (Wildman–Crippen MR) is 114 cm³/mol. The Morgan fingerprint density at radius 1 is 1.07 bits per heavy atom. The van der Waals surface area contributed by atoms with Crippen LogP contribution in [0.4, 0.5) is 5.69 Å². The van der Waals surface area contributed by atoms with Crippen molar-refractivity contribution in [2.75, 3.05) is 18.0 Å². The Labute approximate surface area is 169 Å². The molecule has 1 aliphatic carbocycles. The van der Waals surface area contributed by atoms with Crippen molar-refractivity contribution in [2.24, 2.45) is 4.99 Å². The minimum atomic E-state index is 0.458. The van der Waals surface area contributed by atoms with E-state index in [-0.39, 0.29) is 0 Å². The molecule has 0 spiro atoms. The van der Waals surface area contributed by atoms with Crippen molar-refractivity contribution in [3.8, 4) is 17.5 Å². The van der Waals surface area contributed by atoms with Gasteiger partial charge in [-0.15, -0.1) is 0 Å². The average Bonchev–Trinajstić information content (AvgIpc) is 2.76. The van der Waals surface area contributed by atoms with Crippen LogP contribution >= 0.6 is 0 Å². The number of aromatic nitrogens is 1. The van der Waals surface area contributed by atoms with Gasteiger partial charge >= 0.3 is 0 Å². The molecule has 1 heterocycles. The summed E-state index contributed by atoms with van der Waals surface area (Å²) in [4.78, 5) is 11.4. The van der Waals surface area contributed by atoms with Crippen LogP contribution in [0.2, 0.25) is 0 Å². The van der Waals surface area contributed by atoms with E-state index < -0.39 is 0 Å². The van der Waals surface area contributed by atoms with Crippen molar-refractivity contribution < 1.29 is 4.42 Å². The van der Waals surface area contributed by atoms with Crippen LogP contribution in [0.5, 0.6) is 0 Å². The van der Waals surface area contributed by atoms with E-state index in [0.717, 1.165) is 46.7 Å². The number of anilines is 1. The Morgan fingerprint density at radius 3 is 2.72 bits per heavy atom. The van der Waals surface area contributed by atoms with Crippen LogP contribution in [0.1, 0.15) is 18.9 Å². The average molecular weight is 382 g/mol. The van der Waals surface area contributed by atoms with Gasteiger partial charge in [0.25, 0.3) is 0 Å². The molecule has 144 valence electrons. The molecule has 29 heavy (non-hydrogen) atoms. The van der Waals surface area contributed by atoms with Crippen LogP contribution < -0.4 is 10.3 Å². The summed E-state index contributed by atoms with van der Waals surface area (Å²) in [6.07, 6.45) is 0.458. The Bertz CT molecular complexity index is 1190. The fourth-order valence-electron chi connectivity index (χ4n) is 3.37. The van der Waals surface area contributed by atoms with E-state index in [0.29, 0.717) is 13.0 Å². The van der Waals surface area contributed by atoms with E-state index in [1.165, 1.54) is 5.56 Å². The summed E-state index contributed by atoms with van der Waals surface area (Å²) in [6.45, 7) is 4.12. The van der Waals surface area contributed by atoms with Crippen LogP contribution in [0.15, 0.2) is 76.1 Å². The van der Waals surface area contributed by atoms with E-state index >= 15 is 0 Å². The highest BCUT2D eigenvalue weighted by Gasteiger charge is 2.12. The van der Waals surface area contributed by atoms with Gasteiger partial charge in [0.2, 0.25) is 0 Å². The molecule has 0 aromatic heterocycles. The highest BCUT2D eigenvalue weighted by atomic mass is 16.3. The van der Waals surface area contributed by atoms with Gasteiger partial charge in [-0.3, -0.25) is 4.99 Å². The van der Waals surface area contributed by atoms with Crippen LogP contribution in [0.25, 0.3) is 22.6 Å². The van der Waals surface area contributed by atoms with Gasteiger partial charge in [0.1, 0.15) is 11.2 Å². The first kappa shape index (κ1) is 18.7. The van der Waals surface area contributed by atoms with Gasteiger partial charge in [-0.2, -0.15) is 5.26 Å². The third-order valence-corrected chi connectivity index (χ3v) is 4.76. The van der Waals surface area contributed by atoms with E-state index in [9.17, 15) is 0 Å². The topological polar surface area (TPSA) is 65.4 Å². The standard InChI is InChI=1S/C24H22N4O/c1-2-26-19-9-11-21-23(15-19)29-24-16-20(10-12-22(24)27-21)28(14-6-13-25)17-18-7-4-3-5-8-18/h3-5,7-12,15-16H,2,6,14,17H2,1H3. The molecule has 0 unspecified atom stereocenters. The molecule has 0 saturated heterocycles. The summed E-state index contributed by atoms with van der Waals surface area (Å²) >= 11 is 0. The molecule has 0 bridgehead atoms. The largest absolute Gasteiger partial charge is 0.453 e. The molecule has 0 saturated carbocycles. The van der Waals surface area contributed by atoms with E-state index in [1.54, 1.807) is 0 Å². The van der Waals surface area contributed by atoms with Crippen molar-refractivity contribution in [1.29, 1.82) is 5.26 Å². The van der Waals surface area contributed by atoms with Gasteiger partial charge in [0.15, 0.2) is 11.3 Å². The van der Waals surface area contributed by atoms with Gasteiger partial charge in [0.05, 0.1) is 17.8 Å². The third-order valence-electron chi connectivity index (χ3n) is 4.76. The molecule has 2 aromatic rings. The zero-order valence-electron chi connectivity index (χ0n) is 16.4. The molecule has 5 nitrogen and oxygen atoms in total. The number of hydrogen-bond donors (Lipinski definition) is 0. The van der Waals surface area contributed by atoms with E-state index in [4.69, 9.17) is 14.7 Å². The van der Waals surface area contributed by atoms with Gasteiger partial charge in [0, 0.05) is 37.5 Å². The zero-order chi connectivity index (χ0) is 20.1. The molecule has 4 rings (SSSR count). The molecular weight excluding hydrogens is 360 g/mol. The first-order valence-electron chi connectivity index (χ1n) is 9.78. The summed E-state index contributed by atoms with van der Waals surface area (Å²) in [5, 5.41) is 9.96. The molecule has 0 atom stereocenters. The molecule has 2 aromatic carbocycles. The Morgan fingerprint density at radius 2 is 1.93 bits per heavy atom. The van der Waals surface area contributed by atoms with Crippen LogP contribution in [0, 0.1) is 11.3 Å². The molecule has 5 heteroatoms. The summed E-state index contributed by atoms with van der Waals surface area (Å²) in [7, 11) is 0. The van der Waals surface area contributed by atoms with E-state index in [1.807, 2.05) is 61.5 Å². The van der Waals surface area contributed by atoms with Gasteiger partial charge in [-0.05, 0) is 36.8 Å². The maximum atomic E-state index is 9.07. The maximum absolute atomic E-state index is 9.07. The summed E-state index contributed by atoms with van der Waals surface area (Å²) < 4.78 is 6.16. The SMILES string of the molecule is CCN=c1ccc2nc3ccc(N(CCC#N)Cc4ccccc4)cc3oc-2c1. The van der Waals surface area contributed by atoms with Crippen molar-refractivity contribution in [2.45, 2.75) is 19.9 Å². The number of benzene rings is 3. The van der Waals surface area contributed by atoms with E-state index in [2.05, 4.69) is 28.1 Å². The summed E-state index contributed by atoms with van der Waals surface area (Å²) in [5.74, 6) is 0.719. The Balaban J connectivity index is 1.74. The monoisotopic (exact) mass is 382 g/mol. The third kappa shape index (κ3) is 4.27. The molecule has 0 N–H and O–H groups in total. The van der Waals surface area contributed by atoms with Crippen molar-refractivity contribution in [1.82, 2.24) is 4.98 Å². The molecular formula is C24H22N4O. The lowest BCUT2D eigenvalue weighted by Crippen LogP contribution is -2.23. The summed E-state index contributed by atoms with van der Waals surface area (Å²) in [6, 6.07) is 24.3. The van der Waals surface area contributed by atoms with Gasteiger partial charge in [-0.25, -0.2) is 4.98 Å². The zero-order valence-corrected chi connectivity index (χ0v) is 16.4. The van der Waals surface area contributed by atoms with Crippen LogP contribution in [0.3, 0.4) is 0 Å². The predicted octanol–water partition coefficient (Wildman–Crippen LogP) is 4.77. The number of nitrogens with zero attached hydrogens (tertiary/aromatic N) is 4. The highest BCUT2D eigenvalue weighted by molar-refractivity contribution is 5.80. The highest BCUT2D eigenvalue weighted by Crippen LogP contribution is 2.28. The lowest BCUT2D eigenvalue weighted by molar-refractivity contribution is 0.611. The van der Waals surface area contributed by atoms with Crippen molar-refractivity contribution in [3.63, 3.8) is 0 Å². The molecule has 0 amide bonds. The first-order valence-corrected chi connectivity index (χ1v) is 9.78. The molecule has 0 radical (unpaired) electrons. The lowest BCUT2D eigenvalue weighted by atomic mass is 10.1. The Kier molecular flexibility index (Phi) is 5.53. The molecule has 1 aliphatic heterocycles. The number of hydrogen-bond acceptors (Lipinski definition) is 5. The molecule has 2 aliphatic rings.